The van der Waals surface area contributed by atoms with Gasteiger partial charge in [0.1, 0.15) is 5.82 Å². The van der Waals surface area contributed by atoms with Gasteiger partial charge >= 0.3 is 6.03 Å². The van der Waals surface area contributed by atoms with Gasteiger partial charge in [0.2, 0.25) is 5.95 Å². The number of nitrogens with zero attached hydrogens (tertiary/aromatic N) is 5. The maximum atomic E-state index is 12.3. The molecule has 8 nitrogen and oxygen atoms in total. The van der Waals surface area contributed by atoms with Gasteiger partial charge < -0.3 is 24.8 Å². The lowest BCUT2D eigenvalue weighted by Gasteiger charge is -2.37. The van der Waals surface area contributed by atoms with E-state index in [0.29, 0.717) is 31.7 Å². The normalized spacial score (nSPS) is 26.2. The second-order valence-electron chi connectivity index (χ2n) is 6.91. The standard InChI is InChI=1S/C16H24N6O2/c1-20(2)15-17-6-5-14(19-15)22-7-8-24-13-10-21(9-12(13)22)16(23)18-11-3-4-11/h5-6,11-13H,3-4,7-10H2,1-2H3,(H,18,23)/t12-,13+/m0/s1. The molecule has 3 aliphatic rings. The van der Waals surface area contributed by atoms with E-state index in [2.05, 4.69) is 20.2 Å². The highest BCUT2D eigenvalue weighted by Crippen LogP contribution is 2.28. The summed E-state index contributed by atoms with van der Waals surface area (Å²) in [5.74, 6) is 1.59. The van der Waals surface area contributed by atoms with Crippen molar-refractivity contribution in [3.63, 3.8) is 0 Å². The molecule has 0 radical (unpaired) electrons. The molecule has 24 heavy (non-hydrogen) atoms. The molecule has 8 heteroatoms. The highest BCUT2D eigenvalue weighted by molar-refractivity contribution is 5.75. The summed E-state index contributed by atoms with van der Waals surface area (Å²) in [5, 5.41) is 3.06. The van der Waals surface area contributed by atoms with Gasteiger partial charge in [-0.15, -0.1) is 0 Å². The van der Waals surface area contributed by atoms with Crippen LogP contribution in [-0.4, -0.2) is 79.4 Å². The van der Waals surface area contributed by atoms with Crippen LogP contribution in [0.4, 0.5) is 16.6 Å². The van der Waals surface area contributed by atoms with Crippen LogP contribution in [0.1, 0.15) is 12.8 Å². The third kappa shape index (κ3) is 2.98. The van der Waals surface area contributed by atoms with Crippen molar-refractivity contribution in [2.24, 2.45) is 0 Å². The number of anilines is 2. The average molecular weight is 332 g/mol. The highest BCUT2D eigenvalue weighted by Gasteiger charge is 2.43. The third-order valence-electron chi connectivity index (χ3n) is 4.82. The molecular formula is C16H24N6O2. The van der Waals surface area contributed by atoms with Crippen LogP contribution in [0.3, 0.4) is 0 Å². The van der Waals surface area contributed by atoms with E-state index in [4.69, 9.17) is 4.74 Å². The fourth-order valence-corrected chi connectivity index (χ4v) is 3.35. The number of amides is 2. The molecule has 2 aliphatic heterocycles. The van der Waals surface area contributed by atoms with E-state index in [1.54, 1.807) is 6.20 Å². The maximum absolute atomic E-state index is 12.3. The van der Waals surface area contributed by atoms with Crippen molar-refractivity contribution in [3.05, 3.63) is 12.3 Å². The van der Waals surface area contributed by atoms with E-state index in [9.17, 15) is 4.79 Å². The lowest BCUT2D eigenvalue weighted by Crippen LogP contribution is -2.51. The number of hydrogen-bond donors (Lipinski definition) is 1. The van der Waals surface area contributed by atoms with E-state index in [1.807, 2.05) is 30.0 Å². The van der Waals surface area contributed by atoms with Gasteiger partial charge in [-0.25, -0.2) is 9.78 Å². The molecule has 3 heterocycles. The van der Waals surface area contributed by atoms with Gasteiger partial charge in [-0.05, 0) is 18.9 Å². The van der Waals surface area contributed by atoms with Gasteiger partial charge in [0.25, 0.3) is 0 Å². The molecule has 1 aromatic rings. The monoisotopic (exact) mass is 332 g/mol. The fraction of sp³-hybridized carbons (Fsp3) is 0.688. The molecule has 0 aromatic carbocycles. The number of fused-ring (bicyclic) bond motifs is 1. The molecule has 1 saturated carbocycles. The van der Waals surface area contributed by atoms with Crippen molar-refractivity contribution in [1.82, 2.24) is 20.2 Å². The molecule has 130 valence electrons. The number of carbonyl (C=O) groups excluding carboxylic acids is 1. The molecule has 2 saturated heterocycles. The summed E-state index contributed by atoms with van der Waals surface area (Å²) in [4.78, 5) is 27.3. The molecule has 1 N–H and O–H groups in total. The Balaban J connectivity index is 1.50. The molecule has 0 bridgehead atoms. The van der Waals surface area contributed by atoms with Gasteiger partial charge in [0, 0.05) is 39.4 Å². The van der Waals surface area contributed by atoms with Crippen LogP contribution < -0.4 is 15.1 Å². The number of urea groups is 1. The summed E-state index contributed by atoms with van der Waals surface area (Å²) in [6.07, 6.45) is 4.03. The van der Waals surface area contributed by atoms with Crippen LogP contribution >= 0.6 is 0 Å². The molecule has 1 aromatic heterocycles. The SMILES string of the molecule is CN(C)c1nccc(N2CCO[C@@H]3CN(C(=O)NC4CC4)C[C@@H]32)n1. The summed E-state index contributed by atoms with van der Waals surface area (Å²) in [7, 11) is 3.86. The second kappa shape index (κ2) is 6.08. The minimum absolute atomic E-state index is 0.0344. The first kappa shape index (κ1) is 15.4. The lowest BCUT2D eigenvalue weighted by atomic mass is 10.1. The van der Waals surface area contributed by atoms with Crippen molar-refractivity contribution in [2.45, 2.75) is 31.0 Å². The van der Waals surface area contributed by atoms with Crippen LogP contribution in [0.25, 0.3) is 0 Å². The summed E-state index contributed by atoms with van der Waals surface area (Å²) in [6.45, 7) is 2.75. The number of carbonyl (C=O) groups is 1. The van der Waals surface area contributed by atoms with Crippen LogP contribution in [0.2, 0.25) is 0 Å². The maximum Gasteiger partial charge on any atom is 0.317 e. The first-order valence-electron chi connectivity index (χ1n) is 8.56. The number of ether oxygens (including phenoxy) is 1. The van der Waals surface area contributed by atoms with E-state index in [0.717, 1.165) is 25.2 Å². The smallest absolute Gasteiger partial charge is 0.317 e. The minimum Gasteiger partial charge on any atom is -0.372 e. The van der Waals surface area contributed by atoms with Gasteiger partial charge in [-0.2, -0.15) is 4.98 Å². The van der Waals surface area contributed by atoms with Crippen LogP contribution in [0, 0.1) is 0 Å². The average Bonchev–Trinajstić information content (AvgIpc) is 3.28. The quantitative estimate of drug-likeness (QED) is 0.858. The van der Waals surface area contributed by atoms with Gasteiger partial charge in [0.15, 0.2) is 0 Å². The van der Waals surface area contributed by atoms with Crippen molar-refractivity contribution in [1.29, 1.82) is 0 Å². The molecule has 2 amide bonds. The van der Waals surface area contributed by atoms with Crippen molar-refractivity contribution < 1.29 is 9.53 Å². The van der Waals surface area contributed by atoms with Crippen LogP contribution in [0.5, 0.6) is 0 Å². The summed E-state index contributed by atoms with van der Waals surface area (Å²) < 4.78 is 5.92. The van der Waals surface area contributed by atoms with E-state index in [-0.39, 0.29) is 18.2 Å². The Morgan fingerprint density at radius 1 is 1.38 bits per heavy atom. The van der Waals surface area contributed by atoms with Gasteiger partial charge in [0.05, 0.1) is 25.3 Å². The number of nitrogens with one attached hydrogen (secondary N) is 1. The minimum atomic E-state index is 0.0344. The molecule has 4 rings (SSSR count). The first-order valence-corrected chi connectivity index (χ1v) is 8.56. The molecule has 0 spiro atoms. The second-order valence-corrected chi connectivity index (χ2v) is 6.91. The number of aromatic nitrogens is 2. The number of morpholine rings is 1. The number of rotatable bonds is 3. The number of hydrogen-bond acceptors (Lipinski definition) is 6. The largest absolute Gasteiger partial charge is 0.372 e. The molecule has 2 atom stereocenters. The van der Waals surface area contributed by atoms with Crippen LogP contribution in [0.15, 0.2) is 12.3 Å². The van der Waals surface area contributed by atoms with Crippen molar-refractivity contribution in [3.8, 4) is 0 Å². The summed E-state index contributed by atoms with van der Waals surface area (Å²) in [5.41, 5.74) is 0. The van der Waals surface area contributed by atoms with Gasteiger partial charge in [-0.3, -0.25) is 0 Å². The Kier molecular flexibility index (Phi) is 3.91. The Hall–Kier alpha value is -2.09. The predicted octanol–water partition coefficient (Wildman–Crippen LogP) is 0.304. The Bertz CT molecular complexity index is 620. The van der Waals surface area contributed by atoms with E-state index >= 15 is 0 Å². The van der Waals surface area contributed by atoms with Crippen LogP contribution in [-0.2, 0) is 4.74 Å². The zero-order chi connectivity index (χ0) is 16.7. The van der Waals surface area contributed by atoms with E-state index in [1.165, 1.54) is 0 Å². The number of likely N-dealkylation sites (tertiary alicyclic amines) is 1. The fourth-order valence-electron chi connectivity index (χ4n) is 3.35. The molecule has 0 unspecified atom stereocenters. The first-order chi connectivity index (χ1) is 11.6. The van der Waals surface area contributed by atoms with Gasteiger partial charge in [-0.1, -0.05) is 0 Å². The Morgan fingerprint density at radius 3 is 2.96 bits per heavy atom. The van der Waals surface area contributed by atoms with E-state index < -0.39 is 0 Å². The Labute approximate surface area is 141 Å². The summed E-state index contributed by atoms with van der Waals surface area (Å²) >= 11 is 0. The molecule has 1 aliphatic carbocycles. The van der Waals surface area contributed by atoms with Crippen molar-refractivity contribution >= 4 is 17.8 Å². The predicted molar refractivity (Wildman–Crippen MR) is 90.4 cm³/mol. The zero-order valence-corrected chi connectivity index (χ0v) is 14.2. The third-order valence-corrected chi connectivity index (χ3v) is 4.82. The topological polar surface area (TPSA) is 73.8 Å². The molecule has 3 fully saturated rings. The molecular weight excluding hydrogens is 308 g/mol. The van der Waals surface area contributed by atoms with Crippen molar-refractivity contribution in [2.75, 3.05) is 50.1 Å². The Morgan fingerprint density at radius 2 is 2.21 bits per heavy atom. The summed E-state index contributed by atoms with van der Waals surface area (Å²) in [6, 6.07) is 2.49. The highest BCUT2D eigenvalue weighted by atomic mass is 16.5. The zero-order valence-electron chi connectivity index (χ0n) is 14.2. The lowest BCUT2D eigenvalue weighted by molar-refractivity contribution is 0.0317.